The predicted molar refractivity (Wildman–Crippen MR) is 207 cm³/mol. The van der Waals surface area contributed by atoms with Crippen molar-refractivity contribution in [2.45, 2.75) is 12.8 Å². The third-order valence-corrected chi connectivity index (χ3v) is 9.65. The van der Waals surface area contributed by atoms with E-state index in [1.54, 1.807) is 0 Å². The molecule has 1 aliphatic carbocycles. The zero-order valence-corrected chi connectivity index (χ0v) is 27.5. The van der Waals surface area contributed by atoms with Crippen LogP contribution in [0.4, 0.5) is 0 Å². The van der Waals surface area contributed by atoms with Crippen molar-refractivity contribution in [1.82, 2.24) is 15.0 Å². The molecule has 6 aromatic carbocycles. The van der Waals surface area contributed by atoms with Gasteiger partial charge in [-0.25, -0.2) is 9.97 Å². The fourth-order valence-corrected chi connectivity index (χ4v) is 6.95. The van der Waals surface area contributed by atoms with E-state index in [0.717, 1.165) is 68.6 Å². The molecule has 2 heterocycles. The minimum Gasteiger partial charge on any atom is -0.263 e. The Hall–Kier alpha value is -6.45. The predicted octanol–water partition coefficient (Wildman–Crippen LogP) is 12.0. The van der Waals surface area contributed by atoms with Crippen molar-refractivity contribution in [3.63, 3.8) is 0 Å². The topological polar surface area (TPSA) is 38.7 Å². The third kappa shape index (κ3) is 5.80. The first-order valence-electron chi connectivity index (χ1n) is 17.1. The van der Waals surface area contributed by atoms with Crippen LogP contribution in [-0.4, -0.2) is 15.0 Å². The molecule has 50 heavy (non-hydrogen) atoms. The van der Waals surface area contributed by atoms with E-state index in [1.807, 2.05) is 18.5 Å². The fraction of sp³-hybridized carbons (Fsp3) is 0.0426. The molecule has 0 radical (unpaired) electrons. The number of hydrogen-bond acceptors (Lipinski definition) is 3. The molecule has 0 unspecified atom stereocenters. The lowest BCUT2D eigenvalue weighted by Gasteiger charge is -2.13. The Balaban J connectivity index is 1.12. The summed E-state index contributed by atoms with van der Waals surface area (Å²) in [7, 11) is 0. The Bertz CT molecular complexity index is 2510. The number of nitrogens with zero attached hydrogens (tertiary/aromatic N) is 3. The number of fused-ring (bicyclic) bond motifs is 2. The summed E-state index contributed by atoms with van der Waals surface area (Å²) in [4.78, 5) is 14.8. The van der Waals surface area contributed by atoms with Gasteiger partial charge in [0.05, 0.1) is 11.4 Å². The lowest BCUT2D eigenvalue weighted by Crippen LogP contribution is -1.96. The zero-order valence-electron chi connectivity index (χ0n) is 27.5. The van der Waals surface area contributed by atoms with Gasteiger partial charge in [0.15, 0.2) is 5.82 Å². The lowest BCUT2D eigenvalue weighted by molar-refractivity contribution is 0.986. The normalized spacial score (nSPS) is 12.2. The van der Waals surface area contributed by atoms with Crippen LogP contribution in [0.3, 0.4) is 0 Å². The molecule has 0 spiro atoms. The Morgan fingerprint density at radius 2 is 1.06 bits per heavy atom. The molecular weight excluding hydrogens is 607 g/mol. The fourth-order valence-electron chi connectivity index (χ4n) is 6.95. The van der Waals surface area contributed by atoms with Gasteiger partial charge < -0.3 is 0 Å². The van der Waals surface area contributed by atoms with Gasteiger partial charge in [-0.1, -0.05) is 146 Å². The molecule has 0 saturated carbocycles. The molecule has 8 aromatic rings. The first-order chi connectivity index (χ1) is 24.7. The van der Waals surface area contributed by atoms with E-state index in [-0.39, 0.29) is 0 Å². The first-order valence-corrected chi connectivity index (χ1v) is 17.1. The lowest BCUT2D eigenvalue weighted by atomic mass is 9.93. The van der Waals surface area contributed by atoms with E-state index in [4.69, 9.17) is 9.97 Å². The van der Waals surface area contributed by atoms with Crippen molar-refractivity contribution < 1.29 is 0 Å². The summed E-state index contributed by atoms with van der Waals surface area (Å²) >= 11 is 0. The molecule has 1 aliphatic rings. The smallest absolute Gasteiger partial charge is 0.160 e. The van der Waals surface area contributed by atoms with E-state index in [9.17, 15) is 0 Å². The van der Waals surface area contributed by atoms with Gasteiger partial charge in [-0.05, 0) is 75.4 Å². The second-order valence-corrected chi connectivity index (χ2v) is 12.8. The number of rotatable bonds is 6. The quantitative estimate of drug-likeness (QED) is 0.182. The average Bonchev–Trinajstić information content (AvgIpc) is 3.21. The first kappa shape index (κ1) is 29.7. The van der Waals surface area contributed by atoms with Crippen molar-refractivity contribution >= 4 is 16.8 Å². The van der Waals surface area contributed by atoms with Crippen molar-refractivity contribution in [3.8, 4) is 67.3 Å². The van der Waals surface area contributed by atoms with Crippen LogP contribution in [-0.2, 0) is 6.42 Å². The summed E-state index contributed by atoms with van der Waals surface area (Å²) < 4.78 is 0. The Labute approximate surface area is 292 Å². The highest BCUT2D eigenvalue weighted by atomic mass is 14.9. The number of pyridine rings is 1. The molecular formula is C47H33N3. The number of hydrogen-bond donors (Lipinski definition) is 0. The van der Waals surface area contributed by atoms with E-state index in [1.165, 1.54) is 27.6 Å². The molecule has 9 rings (SSSR count). The molecule has 3 heteroatoms. The number of aromatic nitrogens is 3. The van der Waals surface area contributed by atoms with E-state index in [0.29, 0.717) is 5.82 Å². The summed E-state index contributed by atoms with van der Waals surface area (Å²) in [5, 5.41) is 2.32. The van der Waals surface area contributed by atoms with Crippen LogP contribution >= 0.6 is 0 Å². The molecule has 0 saturated heterocycles. The Morgan fingerprint density at radius 1 is 0.440 bits per heavy atom. The number of benzene rings is 6. The summed E-state index contributed by atoms with van der Waals surface area (Å²) in [5.41, 5.74) is 14.5. The highest BCUT2D eigenvalue weighted by Crippen LogP contribution is 2.34. The summed E-state index contributed by atoms with van der Waals surface area (Å²) in [5.74, 6) is 0.697. The monoisotopic (exact) mass is 639 g/mol. The van der Waals surface area contributed by atoms with Gasteiger partial charge in [0, 0.05) is 40.0 Å². The van der Waals surface area contributed by atoms with Crippen molar-refractivity contribution in [1.29, 1.82) is 0 Å². The largest absolute Gasteiger partial charge is 0.263 e. The zero-order chi connectivity index (χ0) is 33.3. The summed E-state index contributed by atoms with van der Waals surface area (Å²) in [6.45, 7) is 0. The maximum Gasteiger partial charge on any atom is 0.160 e. The van der Waals surface area contributed by atoms with Crippen LogP contribution in [0.1, 0.15) is 17.5 Å². The minimum atomic E-state index is 0.697. The molecule has 0 bridgehead atoms. The van der Waals surface area contributed by atoms with Crippen molar-refractivity contribution in [2.24, 2.45) is 0 Å². The van der Waals surface area contributed by atoms with Crippen LogP contribution in [0.15, 0.2) is 170 Å². The molecule has 0 N–H and O–H groups in total. The van der Waals surface area contributed by atoms with E-state index < -0.39 is 0 Å². The van der Waals surface area contributed by atoms with Gasteiger partial charge in [0.2, 0.25) is 0 Å². The number of aryl methyl sites for hydroxylation is 1. The van der Waals surface area contributed by atoms with Gasteiger partial charge in [0.1, 0.15) is 0 Å². The second kappa shape index (κ2) is 12.9. The molecule has 3 nitrogen and oxygen atoms in total. The van der Waals surface area contributed by atoms with Crippen LogP contribution in [0, 0.1) is 0 Å². The van der Waals surface area contributed by atoms with Crippen molar-refractivity contribution in [2.75, 3.05) is 0 Å². The van der Waals surface area contributed by atoms with Gasteiger partial charge in [0.25, 0.3) is 0 Å². The van der Waals surface area contributed by atoms with Crippen LogP contribution in [0.25, 0.3) is 84.1 Å². The van der Waals surface area contributed by atoms with Crippen LogP contribution in [0.5, 0.6) is 0 Å². The molecule has 0 aliphatic heterocycles. The minimum absolute atomic E-state index is 0.697. The van der Waals surface area contributed by atoms with Gasteiger partial charge >= 0.3 is 0 Å². The van der Waals surface area contributed by atoms with Gasteiger partial charge in [-0.2, -0.15) is 0 Å². The van der Waals surface area contributed by atoms with E-state index >= 15 is 0 Å². The van der Waals surface area contributed by atoms with Gasteiger partial charge in [-0.3, -0.25) is 4.98 Å². The van der Waals surface area contributed by atoms with Crippen LogP contribution < -0.4 is 0 Å². The molecule has 236 valence electrons. The number of allylic oxidation sites excluding steroid dienone is 1. The van der Waals surface area contributed by atoms with E-state index in [2.05, 4.69) is 163 Å². The highest BCUT2D eigenvalue weighted by Gasteiger charge is 2.14. The molecule has 0 fully saturated rings. The summed E-state index contributed by atoms with van der Waals surface area (Å²) in [6.07, 6.45) is 10.6. The Morgan fingerprint density at radius 3 is 1.86 bits per heavy atom. The maximum absolute atomic E-state index is 5.17. The summed E-state index contributed by atoms with van der Waals surface area (Å²) in [6, 6.07) is 53.7. The standard InChI is InChI=1S/C47H33N3/c1-2-9-32(10-3-1)39-14-8-15-41(28-39)47-49-45(36-22-17-34(18-23-36)40-26-19-33-11-4-5-12-38(33)27-40)29-46(50-47)37-24-20-35(21-25-37)44-31-48-30-42-13-6-7-16-43(42)44/h1-3,5-10,12-31H,4,11H2. The second-order valence-electron chi connectivity index (χ2n) is 12.8. The SMILES string of the molecule is C1=Cc2cc(-c3ccc(-c4cc(-c5ccc(-c6cncc7ccccc67)cc5)nc(-c5cccc(-c6ccccc6)c5)n4)cc3)ccc2CC1. The Kier molecular flexibility index (Phi) is 7.64. The highest BCUT2D eigenvalue weighted by molar-refractivity contribution is 5.96. The third-order valence-electron chi connectivity index (χ3n) is 9.65. The van der Waals surface area contributed by atoms with Crippen molar-refractivity contribution in [3.05, 3.63) is 181 Å². The maximum atomic E-state index is 5.17. The van der Waals surface area contributed by atoms with Gasteiger partial charge in [-0.15, -0.1) is 0 Å². The molecule has 0 atom stereocenters. The average molecular weight is 640 g/mol. The van der Waals surface area contributed by atoms with Crippen LogP contribution in [0.2, 0.25) is 0 Å². The molecule has 2 aromatic heterocycles. The molecule has 0 amide bonds.